The van der Waals surface area contributed by atoms with Gasteiger partial charge in [-0.25, -0.2) is 8.78 Å². The lowest BCUT2D eigenvalue weighted by Crippen LogP contribution is -2.37. The summed E-state index contributed by atoms with van der Waals surface area (Å²) in [6, 6.07) is 6.44. The molecule has 4 heteroatoms. The average Bonchev–Trinajstić information content (AvgIpc) is 2.35. The van der Waals surface area contributed by atoms with Crippen molar-refractivity contribution in [2.45, 2.75) is 19.1 Å². The Hall–Kier alpha value is -1.00. The van der Waals surface area contributed by atoms with E-state index in [0.717, 1.165) is 12.1 Å². The molecule has 0 heterocycles. The maximum atomic E-state index is 13.2. The van der Waals surface area contributed by atoms with Crippen LogP contribution in [0.1, 0.15) is 19.3 Å². The molecule has 0 fully saturated rings. The van der Waals surface area contributed by atoms with Gasteiger partial charge < -0.3 is 9.85 Å². The first-order valence-corrected chi connectivity index (χ1v) is 3.75. The predicted molar refractivity (Wildman–Crippen MR) is 48.0 cm³/mol. The molecule has 0 amide bonds. The van der Waals surface area contributed by atoms with E-state index in [-0.39, 0.29) is 5.56 Å². The average molecular weight is 208 g/mol. The number of ether oxygens (including phenoxy) is 1. The Kier molecular flexibility index (Phi) is 1.66. The van der Waals surface area contributed by atoms with Gasteiger partial charge in [-0.05, 0) is 6.85 Å². The molecule has 1 N–H and O–H groups in total. The van der Waals surface area contributed by atoms with Gasteiger partial charge >= 0.3 is 0 Å². The fourth-order valence-corrected chi connectivity index (χ4v) is 0.976. The lowest BCUT2D eigenvalue weighted by atomic mass is 10.1. The molecule has 14 heavy (non-hydrogen) atoms. The van der Waals surface area contributed by atoms with E-state index in [1.54, 1.807) is 0 Å². The van der Waals surface area contributed by atoms with E-state index in [4.69, 9.17) is 8.28 Å². The van der Waals surface area contributed by atoms with Crippen molar-refractivity contribution in [2.24, 2.45) is 0 Å². The molecule has 0 aliphatic rings. The SMILES string of the molecule is [2H]OC(OC([2H])([2H])C([2H])([2H])[2H])(c1ccccc1)C(F)F. The minimum Gasteiger partial charge on any atom is -0.357 e. The highest BCUT2D eigenvalue weighted by Gasteiger charge is 2.40. The third kappa shape index (κ3) is 2.08. The highest BCUT2D eigenvalue weighted by atomic mass is 19.3. The summed E-state index contributed by atoms with van der Waals surface area (Å²) in [5, 5.41) is 3.90. The minimum absolute atomic E-state index is 0.363. The Morgan fingerprint density at radius 3 is 2.86 bits per heavy atom. The first-order chi connectivity index (χ1) is 9.07. The molecule has 1 unspecified atom stereocenters. The lowest BCUT2D eigenvalue weighted by molar-refractivity contribution is -0.276. The summed E-state index contributed by atoms with van der Waals surface area (Å²) in [5.74, 6) is -3.13. The summed E-state index contributed by atoms with van der Waals surface area (Å²) >= 11 is 0. The third-order valence-corrected chi connectivity index (χ3v) is 1.67. The van der Waals surface area contributed by atoms with E-state index in [1.165, 1.54) is 18.2 Å². The molecule has 0 aromatic heterocycles. The van der Waals surface area contributed by atoms with E-state index < -0.39 is 25.6 Å². The number of hydrogen-bond donors (Lipinski definition) is 1. The van der Waals surface area contributed by atoms with Crippen molar-refractivity contribution < 1.29 is 25.5 Å². The fourth-order valence-electron chi connectivity index (χ4n) is 0.976. The van der Waals surface area contributed by atoms with E-state index >= 15 is 0 Å². The second-order valence-corrected chi connectivity index (χ2v) is 2.54. The van der Waals surface area contributed by atoms with Gasteiger partial charge in [-0.1, -0.05) is 30.3 Å². The van der Waals surface area contributed by atoms with Crippen LogP contribution in [0.2, 0.25) is 0 Å². The van der Waals surface area contributed by atoms with Crippen LogP contribution in [0.25, 0.3) is 0 Å². The molecule has 1 aromatic carbocycles. The molecule has 0 bridgehead atoms. The van der Waals surface area contributed by atoms with Gasteiger partial charge in [0.05, 0.1) is 2.74 Å². The van der Waals surface area contributed by atoms with Crippen molar-refractivity contribution in [1.82, 2.24) is 0 Å². The van der Waals surface area contributed by atoms with Gasteiger partial charge in [0.2, 0.25) is 1.43 Å². The smallest absolute Gasteiger partial charge is 0.295 e. The molecule has 2 nitrogen and oxygen atoms in total. The van der Waals surface area contributed by atoms with Gasteiger partial charge in [0.25, 0.3) is 12.2 Å². The monoisotopic (exact) mass is 208 g/mol. The van der Waals surface area contributed by atoms with Crippen molar-refractivity contribution in [3.05, 3.63) is 35.9 Å². The Labute approximate surface area is 89.6 Å². The molecule has 1 rings (SSSR count). The van der Waals surface area contributed by atoms with Gasteiger partial charge in [0.1, 0.15) is 0 Å². The minimum atomic E-state index is -3.47. The van der Waals surface area contributed by atoms with E-state index in [9.17, 15) is 8.78 Å². The Balaban J connectivity index is 3.28. The molecule has 1 aromatic rings. The van der Waals surface area contributed by atoms with Crippen LogP contribution < -0.4 is 0 Å². The molecule has 0 radical (unpaired) electrons. The normalized spacial score (nSPS) is 23.6. The number of alkyl halides is 2. The summed E-state index contributed by atoms with van der Waals surface area (Å²) in [7, 11) is 0. The number of aliphatic hydroxyl groups is 1. The van der Waals surface area contributed by atoms with E-state index in [2.05, 4.69) is 9.85 Å². The van der Waals surface area contributed by atoms with Gasteiger partial charge in [0.15, 0.2) is 0 Å². The summed E-state index contributed by atoms with van der Waals surface area (Å²) in [6.45, 7) is -6.74. The topological polar surface area (TPSA) is 29.5 Å². The Morgan fingerprint density at radius 2 is 2.36 bits per heavy atom. The van der Waals surface area contributed by atoms with Crippen LogP contribution in [0.4, 0.5) is 8.78 Å². The second kappa shape index (κ2) is 4.48. The third-order valence-electron chi connectivity index (χ3n) is 1.67. The molecule has 0 spiro atoms. The highest BCUT2D eigenvalue weighted by molar-refractivity contribution is 5.20. The zero-order valence-electron chi connectivity index (χ0n) is 13.0. The zero-order chi connectivity index (χ0) is 15.6. The number of hydrogen-bond acceptors (Lipinski definition) is 2. The second-order valence-electron chi connectivity index (χ2n) is 2.54. The largest absolute Gasteiger partial charge is 0.357 e. The van der Waals surface area contributed by atoms with Crippen molar-refractivity contribution in [3.63, 3.8) is 0 Å². The quantitative estimate of drug-likeness (QED) is 0.751. The predicted octanol–water partition coefficient (Wildman–Crippen LogP) is 2.13. The van der Waals surface area contributed by atoms with Crippen molar-refractivity contribution in [3.8, 4) is 0 Å². The molecule has 78 valence electrons. The van der Waals surface area contributed by atoms with Crippen LogP contribution >= 0.6 is 0 Å². The van der Waals surface area contributed by atoms with Crippen molar-refractivity contribution in [1.29, 1.82) is 1.43 Å². The molecular weight excluding hydrogens is 190 g/mol. The number of rotatable bonds is 5. The van der Waals surface area contributed by atoms with Crippen LogP contribution in [0.3, 0.4) is 0 Å². The Bertz CT molecular complexity index is 439. The molecule has 0 saturated carbocycles. The summed E-state index contributed by atoms with van der Waals surface area (Å²) in [5.41, 5.74) is -0.363. The van der Waals surface area contributed by atoms with Crippen LogP contribution in [-0.4, -0.2) is 19.5 Å². The van der Waals surface area contributed by atoms with Crippen LogP contribution in [0.15, 0.2) is 30.3 Å². The molecule has 0 saturated heterocycles. The van der Waals surface area contributed by atoms with Crippen LogP contribution in [0, 0.1) is 0 Å². The first-order valence-electron chi connectivity index (χ1n) is 6.66. The van der Waals surface area contributed by atoms with Crippen molar-refractivity contribution in [2.75, 3.05) is 6.56 Å². The lowest BCUT2D eigenvalue weighted by Gasteiger charge is -2.26. The van der Waals surface area contributed by atoms with Gasteiger partial charge in [-0.2, -0.15) is 0 Å². The fraction of sp³-hybridized carbons (Fsp3) is 0.400. The standard InChI is InChI=1S/C10H12F2O2/c1-2-14-10(13,9(11)12)8-6-4-3-5-7-8/h3-7,9,13H,2H2,1H3/i1D3,2D2,13D. The van der Waals surface area contributed by atoms with Gasteiger partial charge in [-0.3, -0.25) is 0 Å². The van der Waals surface area contributed by atoms with Gasteiger partial charge in [0, 0.05) is 16.2 Å². The summed E-state index contributed by atoms with van der Waals surface area (Å²) in [6.07, 6.45) is -3.47. The number of halogens is 2. The van der Waals surface area contributed by atoms with Gasteiger partial charge in [-0.15, -0.1) is 0 Å². The van der Waals surface area contributed by atoms with Crippen molar-refractivity contribution >= 4 is 0 Å². The molecule has 0 aliphatic carbocycles. The summed E-state index contributed by atoms with van der Waals surface area (Å²) < 4.78 is 73.1. The molecule has 1 atom stereocenters. The summed E-state index contributed by atoms with van der Waals surface area (Å²) in [4.78, 5) is 0. The number of benzene rings is 1. The molecule has 0 aliphatic heterocycles. The maximum Gasteiger partial charge on any atom is 0.295 e. The zero-order valence-corrected chi connectivity index (χ0v) is 7.04. The molecular formula is C10H12F2O2. The first kappa shape index (κ1) is 5.19. The maximum absolute atomic E-state index is 13.2. The van der Waals surface area contributed by atoms with Crippen LogP contribution in [0.5, 0.6) is 0 Å². The highest BCUT2D eigenvalue weighted by Crippen LogP contribution is 2.29. The van der Waals surface area contributed by atoms with E-state index in [1.807, 2.05) is 0 Å². The Morgan fingerprint density at radius 1 is 1.64 bits per heavy atom. The van der Waals surface area contributed by atoms with E-state index in [0.29, 0.717) is 0 Å². The van der Waals surface area contributed by atoms with Crippen LogP contribution in [-0.2, 0) is 10.5 Å².